The summed E-state index contributed by atoms with van der Waals surface area (Å²) < 4.78 is 6.85. The second-order valence-corrected chi connectivity index (χ2v) is 23.4. The number of hydrogen-bond donors (Lipinski definition) is 0. The van der Waals surface area contributed by atoms with Crippen molar-refractivity contribution < 1.29 is 4.74 Å². The van der Waals surface area contributed by atoms with Gasteiger partial charge in [0.05, 0.1) is 17.6 Å². The minimum atomic E-state index is -1.37. The van der Waals surface area contributed by atoms with Crippen LogP contribution in [0.25, 0.3) is 0 Å². The fraction of sp³-hybridized carbons (Fsp3) is 0.571. The number of para-hydroxylation sites is 2. The van der Waals surface area contributed by atoms with Crippen molar-refractivity contribution in [3.63, 3.8) is 0 Å². The van der Waals surface area contributed by atoms with E-state index in [1.54, 1.807) is 0 Å². The van der Waals surface area contributed by atoms with E-state index in [1.807, 2.05) is 0 Å². The summed E-state index contributed by atoms with van der Waals surface area (Å²) in [5, 5.41) is 3.97. The molecule has 0 N–H and O–H groups in total. The van der Waals surface area contributed by atoms with Crippen LogP contribution in [0.5, 0.6) is 11.5 Å². The molecule has 0 atom stereocenters. The van der Waals surface area contributed by atoms with Crippen molar-refractivity contribution in [3.8, 4) is 11.5 Å². The van der Waals surface area contributed by atoms with Crippen LogP contribution in [-0.2, 0) is 0 Å². The molecule has 0 saturated heterocycles. The summed E-state index contributed by atoms with van der Waals surface area (Å²) >= 11 is 0. The van der Waals surface area contributed by atoms with Gasteiger partial charge in [-0.05, 0) is 42.7 Å². The minimum absolute atomic E-state index is 0.269. The maximum absolute atomic E-state index is 6.85. The molecule has 0 unspecified atom stereocenters. The van der Waals surface area contributed by atoms with E-state index in [4.69, 9.17) is 4.74 Å². The zero-order chi connectivity index (χ0) is 23.8. The lowest BCUT2D eigenvalue weighted by Crippen LogP contribution is -2.47. The smallest absolute Gasteiger partial charge is 0.126 e. The summed E-state index contributed by atoms with van der Waals surface area (Å²) in [5.74, 6) is 2.12. The van der Waals surface area contributed by atoms with Gasteiger partial charge in [0, 0.05) is 0 Å². The van der Waals surface area contributed by atoms with Gasteiger partial charge in [-0.1, -0.05) is 119 Å². The first-order chi connectivity index (χ1) is 13.9. The van der Waals surface area contributed by atoms with E-state index in [9.17, 15) is 0 Å². The van der Waals surface area contributed by atoms with Crippen LogP contribution in [-0.4, -0.2) is 17.6 Å². The van der Waals surface area contributed by atoms with Crippen molar-refractivity contribution in [1.82, 2.24) is 0 Å². The molecule has 2 aromatic rings. The lowest BCUT2D eigenvalue weighted by atomic mass is 10.2. The summed E-state index contributed by atoms with van der Waals surface area (Å²) in [7, 11) is -2.74. The largest absolute Gasteiger partial charge is 0.458 e. The third kappa shape index (κ3) is 6.35. The summed E-state index contributed by atoms with van der Waals surface area (Å²) in [6, 6.07) is 17.7. The molecule has 0 aliphatic rings. The molecule has 0 radical (unpaired) electrons. The quantitative estimate of drug-likeness (QED) is 0.433. The number of benzene rings is 2. The summed E-state index contributed by atoms with van der Waals surface area (Å²) in [6.45, 7) is 28.9. The van der Waals surface area contributed by atoms with Gasteiger partial charge in [0.2, 0.25) is 0 Å². The van der Waals surface area contributed by atoms with Crippen molar-refractivity contribution in [3.05, 3.63) is 48.5 Å². The monoisotopic (exact) mass is 454 g/mol. The Morgan fingerprint density at radius 1 is 0.452 bits per heavy atom. The van der Waals surface area contributed by atoms with Gasteiger partial charge in [0.1, 0.15) is 11.5 Å². The van der Waals surface area contributed by atoms with Gasteiger partial charge >= 0.3 is 0 Å². The Morgan fingerprint density at radius 2 is 0.710 bits per heavy atom. The van der Waals surface area contributed by atoms with Crippen LogP contribution in [0.15, 0.2) is 48.5 Å². The third-order valence-corrected chi connectivity index (χ3v) is 15.3. The van der Waals surface area contributed by atoms with Crippen molar-refractivity contribution in [2.24, 2.45) is 0 Å². The average molecular weight is 455 g/mol. The van der Waals surface area contributed by atoms with Crippen LogP contribution in [0.2, 0.25) is 20.2 Å². The Kier molecular flexibility index (Phi) is 7.44. The highest BCUT2D eigenvalue weighted by atomic mass is 28.3. The van der Waals surface area contributed by atoms with Crippen LogP contribution in [0, 0.1) is 0 Å². The second-order valence-electron chi connectivity index (χ2n) is 13.5. The predicted octanol–water partition coefficient (Wildman–Crippen LogP) is 7.55. The molecule has 31 heavy (non-hydrogen) atoms. The molecule has 0 aliphatic carbocycles. The van der Waals surface area contributed by atoms with E-state index in [0.717, 1.165) is 11.5 Å². The lowest BCUT2D eigenvalue weighted by Gasteiger charge is -2.41. The van der Waals surface area contributed by atoms with Gasteiger partial charge in [-0.2, -0.15) is 0 Å². The third-order valence-electron chi connectivity index (χ3n) is 6.14. The van der Waals surface area contributed by atoms with Crippen molar-refractivity contribution in [2.75, 3.05) is 0 Å². The zero-order valence-electron chi connectivity index (χ0n) is 22.2. The van der Waals surface area contributed by atoms with Crippen LogP contribution >= 0.6 is 0 Å². The zero-order valence-corrected chi connectivity index (χ0v) is 24.5. The Hall–Kier alpha value is -1.33. The Balaban J connectivity index is 2.63. The van der Waals surface area contributed by atoms with E-state index in [1.165, 1.54) is 10.4 Å². The van der Waals surface area contributed by atoms with Gasteiger partial charge in [-0.25, -0.2) is 0 Å². The minimum Gasteiger partial charge on any atom is -0.458 e. The fourth-order valence-corrected chi connectivity index (χ4v) is 16.6. The van der Waals surface area contributed by atoms with E-state index >= 15 is 0 Å². The molecule has 0 amide bonds. The van der Waals surface area contributed by atoms with Crippen LogP contribution in [0.1, 0.15) is 83.1 Å². The summed E-state index contributed by atoms with van der Waals surface area (Å²) in [6.07, 6.45) is 0. The van der Waals surface area contributed by atoms with Crippen molar-refractivity contribution in [2.45, 2.75) is 103 Å². The van der Waals surface area contributed by atoms with Crippen molar-refractivity contribution in [1.29, 1.82) is 0 Å². The molecular weight excluding hydrogens is 408 g/mol. The molecule has 0 saturated carbocycles. The lowest BCUT2D eigenvalue weighted by molar-refractivity contribution is 0.487. The van der Waals surface area contributed by atoms with Gasteiger partial charge < -0.3 is 4.74 Å². The fourth-order valence-electron chi connectivity index (χ4n) is 6.21. The first kappa shape index (κ1) is 25.9. The molecule has 1 nitrogen and oxygen atoms in total. The highest BCUT2D eigenvalue weighted by molar-refractivity contribution is 6.80. The van der Waals surface area contributed by atoms with Crippen LogP contribution < -0.4 is 15.1 Å². The molecule has 2 aromatic carbocycles. The molecule has 0 aliphatic heterocycles. The molecule has 172 valence electrons. The molecule has 0 bridgehead atoms. The van der Waals surface area contributed by atoms with Gasteiger partial charge in [0.25, 0.3) is 0 Å². The van der Waals surface area contributed by atoms with Crippen molar-refractivity contribution >= 4 is 28.0 Å². The highest BCUT2D eigenvalue weighted by Gasteiger charge is 2.41. The number of hydrogen-bond acceptors (Lipinski definition) is 1. The normalized spacial score (nSPS) is 13.7. The van der Waals surface area contributed by atoms with E-state index < -0.39 is 17.6 Å². The van der Waals surface area contributed by atoms with E-state index in [-0.39, 0.29) is 20.2 Å². The predicted molar refractivity (Wildman–Crippen MR) is 145 cm³/mol. The number of ether oxygens (including phenoxy) is 1. The van der Waals surface area contributed by atoms with Gasteiger partial charge in [-0.3, -0.25) is 0 Å². The van der Waals surface area contributed by atoms with Crippen LogP contribution in [0.3, 0.4) is 0 Å². The molecule has 3 heteroatoms. The summed E-state index contributed by atoms with van der Waals surface area (Å²) in [5.41, 5.74) is 0. The van der Waals surface area contributed by atoms with Gasteiger partial charge in [0.15, 0.2) is 0 Å². The number of rotatable bonds is 4. The SMILES string of the molecule is CC(C)(C)[SiH](c1ccccc1Oc1ccccc1[SiH](C(C)(C)C)C(C)(C)C)C(C)(C)C. The first-order valence-electron chi connectivity index (χ1n) is 11.8. The molecule has 0 aromatic heterocycles. The molecule has 2 rings (SSSR count). The Bertz CT molecular complexity index is 772. The average Bonchev–Trinajstić information content (AvgIpc) is 2.53. The Labute approximate surface area is 195 Å². The van der Waals surface area contributed by atoms with Crippen LogP contribution in [0.4, 0.5) is 0 Å². The first-order valence-corrected chi connectivity index (χ1v) is 15.3. The standard InChI is InChI=1S/C28H46OSi2/c1-25(2,3)30(26(4,5)6)23-19-15-13-17-21(23)29-22-18-14-16-20-24(22)31(27(7,8)9)28(10,11)12/h13-20,30-31H,1-12H3. The maximum atomic E-state index is 6.85. The topological polar surface area (TPSA) is 9.23 Å². The maximum Gasteiger partial charge on any atom is 0.126 e. The molecule has 0 heterocycles. The Morgan fingerprint density at radius 3 is 0.968 bits per heavy atom. The second kappa shape index (κ2) is 8.90. The summed E-state index contributed by atoms with van der Waals surface area (Å²) in [4.78, 5) is 0. The molecule has 0 spiro atoms. The van der Waals surface area contributed by atoms with E-state index in [0.29, 0.717) is 0 Å². The van der Waals surface area contributed by atoms with Gasteiger partial charge in [-0.15, -0.1) is 0 Å². The van der Waals surface area contributed by atoms with E-state index in [2.05, 4.69) is 132 Å². The molecule has 0 fully saturated rings. The highest BCUT2D eigenvalue weighted by Crippen LogP contribution is 2.44. The molecular formula is C28H46OSi2.